The number of hydrogen-bond donors (Lipinski definition) is 3. The monoisotopic (exact) mass is 465 g/mol. The molecule has 0 aliphatic carbocycles. The molecule has 0 aromatic heterocycles. The van der Waals surface area contributed by atoms with Crippen LogP contribution in [0.2, 0.25) is 0 Å². The molecule has 0 bridgehead atoms. The van der Waals surface area contributed by atoms with Crippen molar-refractivity contribution >= 4 is 34.0 Å². The third-order valence-corrected chi connectivity index (χ3v) is 4.21. The van der Waals surface area contributed by atoms with Gasteiger partial charge in [0.1, 0.15) is 5.75 Å². The van der Waals surface area contributed by atoms with Gasteiger partial charge >= 0.3 is 0 Å². The lowest BCUT2D eigenvalue weighted by Gasteiger charge is -2.14. The lowest BCUT2D eigenvalue weighted by Crippen LogP contribution is -2.34. The van der Waals surface area contributed by atoms with Crippen LogP contribution in [-0.4, -0.2) is 51.0 Å². The lowest BCUT2D eigenvalue weighted by molar-refractivity contribution is -0.120. The van der Waals surface area contributed by atoms with E-state index in [2.05, 4.69) is 31.8 Å². The van der Waals surface area contributed by atoms with Gasteiger partial charge in [-0.25, -0.2) is 5.43 Å². The number of nitrogens with zero attached hydrogens (tertiary/aromatic N) is 1. The zero-order chi connectivity index (χ0) is 21.4. The number of aromatic hydroxyl groups is 1. The van der Waals surface area contributed by atoms with Crippen LogP contribution < -0.4 is 25.0 Å². The van der Waals surface area contributed by atoms with E-state index in [-0.39, 0.29) is 17.9 Å². The number of methoxy groups -OCH3 is 3. The molecule has 0 fully saturated rings. The fourth-order valence-corrected chi connectivity index (χ4v) is 2.70. The van der Waals surface area contributed by atoms with Gasteiger partial charge in [0, 0.05) is 15.6 Å². The molecule has 0 aliphatic heterocycles. The Labute approximate surface area is 175 Å². The number of rotatable bonds is 8. The molecule has 10 heteroatoms. The number of phenols is 1. The summed E-state index contributed by atoms with van der Waals surface area (Å²) in [4.78, 5) is 24.2. The number of ether oxygens (including phenoxy) is 3. The molecular formula is C19H20BrN3O6. The van der Waals surface area contributed by atoms with Gasteiger partial charge in [0.15, 0.2) is 11.5 Å². The first-order chi connectivity index (χ1) is 13.9. The van der Waals surface area contributed by atoms with Gasteiger partial charge in [0.05, 0.1) is 34.1 Å². The van der Waals surface area contributed by atoms with E-state index in [0.717, 1.165) is 4.47 Å². The predicted octanol–water partition coefficient (Wildman–Crippen LogP) is 2.06. The van der Waals surface area contributed by atoms with Crippen molar-refractivity contribution < 1.29 is 28.9 Å². The molecule has 2 amide bonds. The van der Waals surface area contributed by atoms with Gasteiger partial charge in [-0.2, -0.15) is 5.10 Å². The van der Waals surface area contributed by atoms with E-state index in [9.17, 15) is 14.7 Å². The summed E-state index contributed by atoms with van der Waals surface area (Å²) in [5.41, 5.74) is 2.92. The second kappa shape index (κ2) is 10.3. The Hall–Kier alpha value is -3.27. The Bertz CT molecular complexity index is 907. The summed E-state index contributed by atoms with van der Waals surface area (Å²) in [7, 11) is 4.33. The maximum Gasteiger partial charge on any atom is 0.259 e. The molecule has 0 radical (unpaired) electrons. The van der Waals surface area contributed by atoms with Gasteiger partial charge in [-0.1, -0.05) is 15.9 Å². The summed E-state index contributed by atoms with van der Waals surface area (Å²) in [6, 6.07) is 7.75. The third-order valence-electron chi connectivity index (χ3n) is 3.72. The Balaban J connectivity index is 1.97. The fourth-order valence-electron chi connectivity index (χ4n) is 2.32. The quantitative estimate of drug-likeness (QED) is 0.405. The van der Waals surface area contributed by atoms with Crippen LogP contribution in [0.4, 0.5) is 0 Å². The second-order valence-corrected chi connectivity index (χ2v) is 6.51. The third kappa shape index (κ3) is 5.85. The molecule has 3 N–H and O–H groups in total. The predicted molar refractivity (Wildman–Crippen MR) is 110 cm³/mol. The van der Waals surface area contributed by atoms with E-state index in [4.69, 9.17) is 14.2 Å². The van der Waals surface area contributed by atoms with Gasteiger partial charge in [0.2, 0.25) is 5.75 Å². The normalized spacial score (nSPS) is 10.5. The number of hydrazone groups is 1. The molecule has 0 heterocycles. The summed E-state index contributed by atoms with van der Waals surface area (Å²) >= 11 is 3.28. The van der Waals surface area contributed by atoms with Crippen molar-refractivity contribution in [3.8, 4) is 23.0 Å². The highest BCUT2D eigenvalue weighted by molar-refractivity contribution is 9.10. The Morgan fingerprint density at radius 2 is 1.76 bits per heavy atom. The van der Waals surface area contributed by atoms with E-state index < -0.39 is 11.8 Å². The van der Waals surface area contributed by atoms with Crippen LogP contribution in [0.25, 0.3) is 0 Å². The first-order valence-electron chi connectivity index (χ1n) is 8.28. The van der Waals surface area contributed by atoms with Crippen LogP contribution in [0.1, 0.15) is 15.9 Å². The summed E-state index contributed by atoms with van der Waals surface area (Å²) in [5.74, 6) is -0.0411. The summed E-state index contributed by atoms with van der Waals surface area (Å²) < 4.78 is 16.4. The molecule has 0 unspecified atom stereocenters. The van der Waals surface area contributed by atoms with Crippen LogP contribution in [0.3, 0.4) is 0 Å². The highest BCUT2D eigenvalue weighted by atomic mass is 79.9. The zero-order valence-corrected chi connectivity index (χ0v) is 17.6. The smallest absolute Gasteiger partial charge is 0.259 e. The van der Waals surface area contributed by atoms with Crippen molar-refractivity contribution in [1.82, 2.24) is 10.7 Å². The fraction of sp³-hybridized carbons (Fsp3) is 0.211. The molecule has 0 atom stereocenters. The number of amides is 2. The van der Waals surface area contributed by atoms with Crippen LogP contribution in [0, 0.1) is 0 Å². The summed E-state index contributed by atoms with van der Waals surface area (Å²) in [6.45, 7) is -0.308. The Morgan fingerprint density at radius 3 is 2.34 bits per heavy atom. The van der Waals surface area contributed by atoms with Crippen LogP contribution >= 0.6 is 15.9 Å². The number of hydrogen-bond acceptors (Lipinski definition) is 7. The van der Waals surface area contributed by atoms with Crippen molar-refractivity contribution in [1.29, 1.82) is 0 Å². The van der Waals surface area contributed by atoms with Gasteiger partial charge in [0.25, 0.3) is 11.8 Å². The topological polar surface area (TPSA) is 118 Å². The summed E-state index contributed by atoms with van der Waals surface area (Å²) in [6.07, 6.45) is 1.29. The van der Waals surface area contributed by atoms with E-state index in [1.807, 2.05) is 0 Å². The SMILES string of the molecule is COc1cc(C(=O)NCC(=O)N/N=C\c2cc(Br)ccc2O)cc(OC)c1OC. The van der Waals surface area contributed by atoms with E-state index in [0.29, 0.717) is 22.8 Å². The number of nitrogens with one attached hydrogen (secondary N) is 2. The molecule has 9 nitrogen and oxygen atoms in total. The molecule has 0 saturated carbocycles. The largest absolute Gasteiger partial charge is 0.507 e. The highest BCUT2D eigenvalue weighted by Gasteiger charge is 2.17. The molecule has 0 aliphatic rings. The maximum atomic E-state index is 12.3. The first-order valence-corrected chi connectivity index (χ1v) is 9.07. The van der Waals surface area contributed by atoms with E-state index in [1.165, 1.54) is 45.7 Å². The average molecular weight is 466 g/mol. The number of halogens is 1. The number of benzene rings is 2. The second-order valence-electron chi connectivity index (χ2n) is 5.59. The van der Waals surface area contributed by atoms with Crippen molar-refractivity contribution in [3.63, 3.8) is 0 Å². The minimum absolute atomic E-state index is 0.0157. The Kier molecular flexibility index (Phi) is 7.84. The molecule has 29 heavy (non-hydrogen) atoms. The van der Waals surface area contributed by atoms with Gasteiger partial charge < -0.3 is 24.6 Å². The summed E-state index contributed by atoms with van der Waals surface area (Å²) in [5, 5.41) is 15.9. The molecule has 2 aromatic rings. The van der Waals surface area contributed by atoms with Crippen LogP contribution in [-0.2, 0) is 4.79 Å². The molecular weight excluding hydrogens is 446 g/mol. The van der Waals surface area contributed by atoms with Crippen molar-refractivity contribution in [2.75, 3.05) is 27.9 Å². The van der Waals surface area contributed by atoms with Crippen molar-refractivity contribution in [3.05, 3.63) is 45.9 Å². The van der Waals surface area contributed by atoms with E-state index >= 15 is 0 Å². The number of carbonyl (C=O) groups excluding carboxylic acids is 2. The molecule has 0 saturated heterocycles. The van der Waals surface area contributed by atoms with Gasteiger partial charge in [-0.3, -0.25) is 9.59 Å². The minimum Gasteiger partial charge on any atom is -0.507 e. The Morgan fingerprint density at radius 1 is 1.10 bits per heavy atom. The first kappa shape index (κ1) is 22.0. The van der Waals surface area contributed by atoms with Gasteiger partial charge in [-0.05, 0) is 30.3 Å². The van der Waals surface area contributed by atoms with Crippen LogP contribution in [0.5, 0.6) is 23.0 Å². The number of phenolic OH excluding ortho intramolecular Hbond substituents is 1. The van der Waals surface area contributed by atoms with Crippen molar-refractivity contribution in [2.24, 2.45) is 5.10 Å². The van der Waals surface area contributed by atoms with E-state index in [1.54, 1.807) is 12.1 Å². The molecule has 0 spiro atoms. The molecule has 2 rings (SSSR count). The van der Waals surface area contributed by atoms with Crippen LogP contribution in [0.15, 0.2) is 39.9 Å². The lowest BCUT2D eigenvalue weighted by atomic mass is 10.1. The maximum absolute atomic E-state index is 12.3. The van der Waals surface area contributed by atoms with Gasteiger partial charge in [-0.15, -0.1) is 0 Å². The van der Waals surface area contributed by atoms with Crippen molar-refractivity contribution in [2.45, 2.75) is 0 Å². The minimum atomic E-state index is -0.545. The average Bonchev–Trinajstić information content (AvgIpc) is 2.73. The zero-order valence-electron chi connectivity index (χ0n) is 16.0. The number of carbonyl (C=O) groups is 2. The molecule has 154 valence electrons. The standard InChI is InChI=1S/C19H20BrN3O6/c1-27-15-7-11(8-16(28-2)18(15)29-3)19(26)21-10-17(25)23-22-9-12-6-13(20)4-5-14(12)24/h4-9,24H,10H2,1-3H3,(H,21,26)(H,23,25)/b22-9-. The molecule has 2 aromatic carbocycles. The highest BCUT2D eigenvalue weighted by Crippen LogP contribution is 2.38.